The summed E-state index contributed by atoms with van der Waals surface area (Å²) in [4.78, 5) is 50.2. The third kappa shape index (κ3) is 4.91. The van der Waals surface area contributed by atoms with Crippen LogP contribution in [-0.2, 0) is 0 Å². The van der Waals surface area contributed by atoms with Crippen LogP contribution in [0.1, 0.15) is 20.7 Å². The minimum Gasteiger partial charge on any atom is -0.508 e. The fourth-order valence-electron chi connectivity index (χ4n) is 5.67. The van der Waals surface area contributed by atoms with Crippen LogP contribution in [0.4, 0.5) is 0 Å². The minimum absolute atomic E-state index is 0. The van der Waals surface area contributed by atoms with Gasteiger partial charge in [0, 0.05) is 57.3 Å². The summed E-state index contributed by atoms with van der Waals surface area (Å²) in [6.45, 7) is 0. The van der Waals surface area contributed by atoms with Gasteiger partial charge in [-0.25, -0.2) is 9.59 Å². The van der Waals surface area contributed by atoms with E-state index in [0.717, 1.165) is 0 Å². The number of aromatic hydroxyl groups is 2. The maximum atomic E-state index is 12.9. The zero-order valence-corrected chi connectivity index (χ0v) is 25.3. The van der Waals surface area contributed by atoms with E-state index in [1.807, 2.05) is 0 Å². The van der Waals surface area contributed by atoms with Crippen LogP contribution in [0.25, 0.3) is 66.8 Å². The molecule has 4 aliphatic rings. The normalized spacial score (nSPS) is 11.2. The summed E-state index contributed by atoms with van der Waals surface area (Å²) in [5.74, 6) is -2.78. The summed E-state index contributed by atoms with van der Waals surface area (Å²) in [5.41, 5.74) is 0.348. The smallest absolute Gasteiger partial charge is 0.508 e. The summed E-state index contributed by atoms with van der Waals surface area (Å²) in [5, 5.41) is 42.0. The molecule has 7 rings (SSSR count). The van der Waals surface area contributed by atoms with Gasteiger partial charge >= 0.3 is 41.5 Å². The van der Waals surface area contributed by atoms with Gasteiger partial charge in [-0.1, -0.05) is 0 Å². The predicted molar refractivity (Wildman–Crippen MR) is 160 cm³/mol. The van der Waals surface area contributed by atoms with E-state index in [1.165, 1.54) is 84.9 Å². The van der Waals surface area contributed by atoms with Crippen molar-refractivity contribution < 1.29 is 68.4 Å². The maximum absolute atomic E-state index is 12.9. The third-order valence-corrected chi connectivity index (χ3v) is 7.51. The van der Waals surface area contributed by atoms with E-state index in [4.69, 9.17) is 8.83 Å². The van der Waals surface area contributed by atoms with Crippen molar-refractivity contribution in [2.45, 2.75) is 0 Å². The number of aromatic carboxylic acids is 2. The Morgan fingerprint density at radius 2 is 0.911 bits per heavy atom. The van der Waals surface area contributed by atoms with E-state index < -0.39 is 11.9 Å². The van der Waals surface area contributed by atoms with Crippen LogP contribution in [0.2, 0.25) is 0 Å². The molecule has 45 heavy (non-hydrogen) atoms. The summed E-state index contributed by atoms with van der Waals surface area (Å²) >= 11 is 0. The topological polar surface area (TPSA) is 175 Å². The molecule has 0 fully saturated rings. The molecule has 4 N–H and O–H groups in total. The molecule has 0 saturated carbocycles. The molecule has 11 heteroatoms. The Morgan fingerprint density at radius 3 is 1.29 bits per heavy atom. The Morgan fingerprint density at radius 1 is 0.511 bits per heavy atom. The Bertz CT molecular complexity index is 2250. The van der Waals surface area contributed by atoms with Crippen LogP contribution < -0.4 is 40.4 Å². The molecular formula is C34H18NaO10+. The number of carboxylic acids is 2. The number of carbonyl (C=O) groups is 2. The third-order valence-electron chi connectivity index (χ3n) is 7.51. The molecule has 0 amide bonds. The van der Waals surface area contributed by atoms with E-state index in [0.29, 0.717) is 21.9 Å². The number of hydrogen-bond donors (Lipinski definition) is 4. The number of fused-ring (bicyclic) bond motifs is 4. The molecule has 10 nitrogen and oxygen atoms in total. The van der Waals surface area contributed by atoms with Crippen LogP contribution in [0.5, 0.6) is 11.5 Å². The van der Waals surface area contributed by atoms with Crippen molar-refractivity contribution in [3.63, 3.8) is 0 Å². The number of carboxylic acid groups (broad SMARTS) is 2. The van der Waals surface area contributed by atoms with Crippen molar-refractivity contribution in [2.24, 2.45) is 0 Å². The molecule has 0 atom stereocenters. The van der Waals surface area contributed by atoms with Gasteiger partial charge < -0.3 is 29.3 Å². The first-order valence-electron chi connectivity index (χ1n) is 13.1. The van der Waals surface area contributed by atoms with Crippen molar-refractivity contribution in [3.05, 3.63) is 117 Å². The zero-order chi connectivity index (χ0) is 30.9. The molecule has 0 bridgehead atoms. The fourth-order valence-corrected chi connectivity index (χ4v) is 5.67. The molecule has 3 aromatic carbocycles. The number of phenols is 2. The fraction of sp³-hybridized carbons (Fsp3) is 0. The molecule has 2 aliphatic heterocycles. The van der Waals surface area contributed by atoms with Gasteiger partial charge in [0.05, 0.1) is 11.1 Å². The van der Waals surface area contributed by atoms with Crippen molar-refractivity contribution in [1.82, 2.24) is 0 Å². The second-order valence-corrected chi connectivity index (χ2v) is 10.2. The maximum Gasteiger partial charge on any atom is 1.00 e. The first-order chi connectivity index (χ1) is 21.1. The van der Waals surface area contributed by atoms with Gasteiger partial charge in [0.1, 0.15) is 34.2 Å². The van der Waals surface area contributed by atoms with Crippen LogP contribution in [0.3, 0.4) is 0 Å². The van der Waals surface area contributed by atoms with Gasteiger partial charge in [-0.2, -0.15) is 0 Å². The van der Waals surface area contributed by atoms with Crippen LogP contribution >= 0.6 is 0 Å². The molecule has 0 saturated heterocycles. The number of rotatable bonds is 4. The summed E-state index contributed by atoms with van der Waals surface area (Å²) in [7, 11) is 0. The van der Waals surface area contributed by atoms with Gasteiger partial charge in [-0.3, -0.25) is 9.59 Å². The van der Waals surface area contributed by atoms with Crippen molar-refractivity contribution in [1.29, 1.82) is 0 Å². The quantitative estimate of drug-likeness (QED) is 0.171. The largest absolute Gasteiger partial charge is 1.00 e. The van der Waals surface area contributed by atoms with Gasteiger partial charge in [0.25, 0.3) is 0 Å². The molecule has 2 aliphatic carbocycles. The molecule has 0 radical (unpaired) electrons. The number of phenolic OH excluding ortho intramolecular Hbond substituents is 2. The van der Waals surface area contributed by atoms with E-state index in [2.05, 4.69) is 0 Å². The molecule has 0 unspecified atom stereocenters. The standard InChI is InChI=1S/C34H18O10.Na/c35-15-1-5-19-27(9-15)43-28-10-16(36)2-6-20(28)31(19)23-13-26(34(41)42)24(14-25(23)33(39)40)32-21-7-3-17(37)11-29(21)44-30-12-18(38)4-8-22(30)32;/h1-14,35,37H,(H,39,40)(H,41,42);/q;+1. The number of benzene rings is 5. The molecule has 0 aromatic heterocycles. The van der Waals surface area contributed by atoms with Gasteiger partial charge in [0.15, 0.2) is 10.9 Å². The van der Waals surface area contributed by atoms with Crippen molar-refractivity contribution in [3.8, 4) is 56.4 Å². The Labute approximate surface area is 274 Å². The molecular weight excluding hydrogens is 591 g/mol. The van der Waals surface area contributed by atoms with Gasteiger partial charge in [0.2, 0.25) is 0 Å². The van der Waals surface area contributed by atoms with E-state index in [1.54, 1.807) is 0 Å². The zero-order valence-electron chi connectivity index (χ0n) is 23.3. The monoisotopic (exact) mass is 609 g/mol. The molecule has 0 spiro atoms. The second-order valence-electron chi connectivity index (χ2n) is 10.2. The van der Waals surface area contributed by atoms with Gasteiger partial charge in [-0.05, 0) is 71.8 Å². The number of hydrogen-bond acceptors (Lipinski definition) is 8. The summed E-state index contributed by atoms with van der Waals surface area (Å²) in [6, 6.07) is 18.9. The van der Waals surface area contributed by atoms with Crippen molar-refractivity contribution >= 4 is 33.9 Å². The Hall–Kier alpha value is -5.42. The van der Waals surface area contributed by atoms with Gasteiger partial charge in [-0.15, -0.1) is 0 Å². The van der Waals surface area contributed by atoms with E-state index >= 15 is 0 Å². The van der Waals surface area contributed by atoms with Crippen LogP contribution in [0.15, 0.2) is 103 Å². The first-order valence-corrected chi connectivity index (χ1v) is 13.1. The van der Waals surface area contributed by atoms with Crippen LogP contribution in [0, 0.1) is 0 Å². The molecule has 2 heterocycles. The predicted octanol–water partition coefficient (Wildman–Crippen LogP) is 3.25. The second kappa shape index (κ2) is 10.9. The van der Waals surface area contributed by atoms with Crippen LogP contribution in [-0.4, -0.2) is 32.4 Å². The SMILES string of the molecule is O=C(O)c1cc(-c2c3ccc(=O)cc-3oc3cc(O)ccc23)c(C(=O)O)cc1-c1c2ccc(=O)cc-2oc2cc(O)ccc12.[Na+]. The minimum atomic E-state index is -1.37. The Kier molecular flexibility index (Phi) is 7.20. The Balaban J connectivity index is 0.00000357. The molecule has 3 aromatic rings. The average Bonchev–Trinajstić information content (AvgIpc) is 2.97. The summed E-state index contributed by atoms with van der Waals surface area (Å²) in [6.07, 6.45) is 0. The first kappa shape index (κ1) is 29.6. The van der Waals surface area contributed by atoms with E-state index in [9.17, 15) is 39.6 Å². The average molecular weight is 609 g/mol. The van der Waals surface area contributed by atoms with Crippen molar-refractivity contribution in [2.75, 3.05) is 0 Å². The molecule has 214 valence electrons. The summed E-state index contributed by atoms with van der Waals surface area (Å²) < 4.78 is 11.8. The van der Waals surface area contributed by atoms with E-state index in [-0.39, 0.29) is 108 Å².